The maximum absolute atomic E-state index is 13.6. The van der Waals surface area contributed by atoms with E-state index in [4.69, 9.17) is 9.47 Å². The van der Waals surface area contributed by atoms with Crippen LogP contribution in [0.2, 0.25) is 0 Å². The Labute approximate surface area is 225 Å². The van der Waals surface area contributed by atoms with Crippen molar-refractivity contribution in [1.82, 2.24) is 4.98 Å². The average molecular weight is 572 g/mol. The zero-order chi connectivity index (χ0) is 28.4. The number of anilines is 2. The molecule has 3 aromatic carbocycles. The molecule has 39 heavy (non-hydrogen) atoms. The Hall–Kier alpha value is -4.36. The molecule has 0 spiro atoms. The van der Waals surface area contributed by atoms with Gasteiger partial charge in [0.25, 0.3) is 20.0 Å². The fraction of sp³-hybridized carbons (Fsp3) is 0.154. The summed E-state index contributed by atoms with van der Waals surface area (Å²) >= 11 is 0. The Kier molecular flexibility index (Phi) is 7.65. The van der Waals surface area contributed by atoms with E-state index < -0.39 is 32.6 Å². The third kappa shape index (κ3) is 5.59. The molecule has 2 N–H and O–H groups in total. The second kappa shape index (κ2) is 10.8. The van der Waals surface area contributed by atoms with Crippen molar-refractivity contribution in [3.05, 3.63) is 78.5 Å². The zero-order valence-corrected chi connectivity index (χ0v) is 22.8. The Morgan fingerprint density at radius 2 is 1.62 bits per heavy atom. The van der Waals surface area contributed by atoms with Crippen LogP contribution in [0.4, 0.5) is 11.5 Å². The summed E-state index contributed by atoms with van der Waals surface area (Å²) in [5.41, 5.74) is 1.06. The highest BCUT2D eigenvalue weighted by molar-refractivity contribution is 7.93. The molecule has 0 aliphatic rings. The summed E-state index contributed by atoms with van der Waals surface area (Å²) in [5.74, 6) is -0.946. The van der Waals surface area contributed by atoms with Crippen molar-refractivity contribution in [2.75, 3.05) is 29.8 Å². The third-order valence-electron chi connectivity index (χ3n) is 5.79. The first-order valence-corrected chi connectivity index (χ1v) is 14.3. The van der Waals surface area contributed by atoms with Crippen molar-refractivity contribution in [3.8, 4) is 11.5 Å². The summed E-state index contributed by atoms with van der Waals surface area (Å²) < 4.78 is 67.6. The number of fused-ring (bicyclic) bond motifs is 1. The van der Waals surface area contributed by atoms with Crippen molar-refractivity contribution in [2.24, 2.45) is 0 Å². The lowest BCUT2D eigenvalue weighted by atomic mass is 10.1. The molecular weight excluding hydrogens is 546 g/mol. The molecule has 0 saturated carbocycles. The van der Waals surface area contributed by atoms with Gasteiger partial charge < -0.3 is 14.6 Å². The standard InChI is InChI=1S/C26H25N3O8S2/c1-17-8-13-22(23(14-17)37-3)28-38(32,33)24-15-27-26(21-7-5-4-6-20(21)24)29(16-25(30)31)39(34,35)19-11-9-18(36-2)10-12-19/h4-15,28H,16H2,1-3H3,(H,30,31). The van der Waals surface area contributed by atoms with Crippen molar-refractivity contribution < 1.29 is 36.2 Å². The summed E-state index contributed by atoms with van der Waals surface area (Å²) in [7, 11) is -5.82. The smallest absolute Gasteiger partial charge is 0.324 e. The summed E-state index contributed by atoms with van der Waals surface area (Å²) in [5, 5.41) is 9.82. The lowest BCUT2D eigenvalue weighted by Gasteiger charge is -2.24. The number of nitrogens with one attached hydrogen (secondary N) is 1. The van der Waals surface area contributed by atoms with Crippen LogP contribution in [0.5, 0.6) is 11.5 Å². The van der Waals surface area contributed by atoms with Gasteiger partial charge in [0.2, 0.25) is 0 Å². The number of carboxylic acids is 1. The van der Waals surface area contributed by atoms with E-state index in [-0.39, 0.29) is 32.1 Å². The molecule has 0 atom stereocenters. The molecule has 0 bridgehead atoms. The topological polar surface area (TPSA) is 152 Å². The minimum atomic E-state index is -4.42. The minimum absolute atomic E-state index is 0.120. The molecule has 1 aromatic heterocycles. The zero-order valence-electron chi connectivity index (χ0n) is 21.2. The van der Waals surface area contributed by atoms with Crippen LogP contribution < -0.4 is 18.5 Å². The van der Waals surface area contributed by atoms with Gasteiger partial charge in [0.1, 0.15) is 22.9 Å². The maximum atomic E-state index is 13.6. The van der Waals surface area contributed by atoms with Gasteiger partial charge in [0, 0.05) is 10.8 Å². The van der Waals surface area contributed by atoms with Gasteiger partial charge in [-0.2, -0.15) is 0 Å². The van der Waals surface area contributed by atoms with E-state index in [1.165, 1.54) is 50.6 Å². The predicted octanol–water partition coefficient (Wildman–Crippen LogP) is 3.64. The summed E-state index contributed by atoms with van der Waals surface area (Å²) in [6, 6.07) is 16.5. The van der Waals surface area contributed by atoms with Gasteiger partial charge in [0.05, 0.1) is 31.0 Å². The molecule has 0 radical (unpaired) electrons. The number of aryl methyl sites for hydroxylation is 1. The fourth-order valence-electron chi connectivity index (χ4n) is 3.92. The Morgan fingerprint density at radius 1 is 0.949 bits per heavy atom. The number of benzene rings is 3. The highest BCUT2D eigenvalue weighted by Gasteiger charge is 2.31. The largest absolute Gasteiger partial charge is 0.497 e. The van der Waals surface area contributed by atoms with Crippen LogP contribution in [0.1, 0.15) is 5.56 Å². The molecular formula is C26H25N3O8S2. The van der Waals surface area contributed by atoms with Crippen molar-refractivity contribution >= 4 is 48.3 Å². The van der Waals surface area contributed by atoms with Crippen LogP contribution in [0.15, 0.2) is 82.7 Å². The van der Waals surface area contributed by atoms with E-state index in [9.17, 15) is 26.7 Å². The van der Waals surface area contributed by atoms with E-state index in [2.05, 4.69) is 9.71 Å². The lowest BCUT2D eigenvalue weighted by Crippen LogP contribution is -2.36. The van der Waals surface area contributed by atoms with Crippen LogP contribution in [0, 0.1) is 6.92 Å². The first-order chi connectivity index (χ1) is 18.5. The maximum Gasteiger partial charge on any atom is 0.324 e. The molecule has 4 aromatic rings. The average Bonchev–Trinajstić information content (AvgIpc) is 2.91. The molecule has 4 rings (SSSR count). The third-order valence-corrected chi connectivity index (χ3v) is 8.93. The molecule has 0 saturated heterocycles. The number of ether oxygens (including phenoxy) is 2. The summed E-state index contributed by atoms with van der Waals surface area (Å²) in [4.78, 5) is 15.5. The number of sulfonamides is 2. The second-order valence-electron chi connectivity index (χ2n) is 8.38. The first kappa shape index (κ1) is 27.7. The van der Waals surface area contributed by atoms with Gasteiger partial charge in [-0.3, -0.25) is 9.52 Å². The van der Waals surface area contributed by atoms with Crippen LogP contribution in [0.25, 0.3) is 10.8 Å². The number of carbonyl (C=O) groups is 1. The number of methoxy groups -OCH3 is 2. The molecule has 0 amide bonds. The Bertz CT molecular complexity index is 1760. The van der Waals surface area contributed by atoms with Crippen LogP contribution in [-0.4, -0.2) is 53.7 Å². The Balaban J connectivity index is 1.86. The van der Waals surface area contributed by atoms with Crippen molar-refractivity contribution in [2.45, 2.75) is 16.7 Å². The van der Waals surface area contributed by atoms with Crippen LogP contribution in [0.3, 0.4) is 0 Å². The first-order valence-electron chi connectivity index (χ1n) is 11.4. The number of hydrogen-bond donors (Lipinski definition) is 2. The minimum Gasteiger partial charge on any atom is -0.497 e. The van der Waals surface area contributed by atoms with Gasteiger partial charge in [-0.25, -0.2) is 26.1 Å². The SMILES string of the molecule is COc1ccc(S(=O)(=O)N(CC(=O)O)c2ncc(S(=O)(=O)Nc3ccc(C)cc3OC)c3ccccc23)cc1. The number of aliphatic carboxylic acids is 1. The van der Waals surface area contributed by atoms with Gasteiger partial charge in [-0.1, -0.05) is 30.3 Å². The van der Waals surface area contributed by atoms with E-state index in [1.807, 2.05) is 6.92 Å². The Morgan fingerprint density at radius 3 is 2.23 bits per heavy atom. The number of rotatable bonds is 10. The van der Waals surface area contributed by atoms with E-state index in [0.717, 1.165) is 11.8 Å². The second-order valence-corrected chi connectivity index (χ2v) is 11.9. The van der Waals surface area contributed by atoms with Crippen molar-refractivity contribution in [3.63, 3.8) is 0 Å². The number of hydrogen-bond acceptors (Lipinski definition) is 8. The molecule has 13 heteroatoms. The summed E-state index contributed by atoms with van der Waals surface area (Å²) in [6.07, 6.45) is 0.999. The molecule has 0 fully saturated rings. The molecule has 11 nitrogen and oxygen atoms in total. The van der Waals surface area contributed by atoms with Gasteiger partial charge in [0.15, 0.2) is 5.82 Å². The highest BCUT2D eigenvalue weighted by Crippen LogP contribution is 2.35. The molecule has 0 aliphatic carbocycles. The molecule has 204 valence electrons. The quantitative estimate of drug-likeness (QED) is 0.291. The van der Waals surface area contributed by atoms with E-state index >= 15 is 0 Å². The number of carboxylic acid groups (broad SMARTS) is 1. The molecule has 1 heterocycles. The van der Waals surface area contributed by atoms with E-state index in [1.54, 1.807) is 30.3 Å². The van der Waals surface area contributed by atoms with E-state index in [0.29, 0.717) is 15.8 Å². The number of nitrogens with zero attached hydrogens (tertiary/aromatic N) is 2. The van der Waals surface area contributed by atoms with Gasteiger partial charge in [-0.05, 0) is 48.9 Å². The highest BCUT2D eigenvalue weighted by atomic mass is 32.2. The summed E-state index contributed by atoms with van der Waals surface area (Å²) in [6.45, 7) is 0.885. The van der Waals surface area contributed by atoms with Gasteiger partial charge in [-0.15, -0.1) is 0 Å². The monoisotopic (exact) mass is 571 g/mol. The van der Waals surface area contributed by atoms with Gasteiger partial charge >= 0.3 is 5.97 Å². The number of pyridine rings is 1. The van der Waals surface area contributed by atoms with Crippen LogP contribution >= 0.6 is 0 Å². The number of aromatic nitrogens is 1. The van der Waals surface area contributed by atoms with Crippen molar-refractivity contribution in [1.29, 1.82) is 0 Å². The molecule has 0 unspecified atom stereocenters. The lowest BCUT2D eigenvalue weighted by molar-refractivity contribution is -0.135. The predicted molar refractivity (Wildman–Crippen MR) is 145 cm³/mol. The normalized spacial score (nSPS) is 11.7. The van der Waals surface area contributed by atoms with Crippen LogP contribution in [-0.2, 0) is 24.8 Å². The molecule has 0 aliphatic heterocycles. The fourth-order valence-corrected chi connectivity index (χ4v) is 6.53.